The number of ether oxygens (including phenoxy) is 1. The Balaban J connectivity index is 1.71. The Bertz CT molecular complexity index is 791. The van der Waals surface area contributed by atoms with Crippen LogP contribution in [0.25, 0.3) is 0 Å². The first-order valence-electron chi connectivity index (χ1n) is 9.16. The second-order valence-electron chi connectivity index (χ2n) is 6.92. The zero-order chi connectivity index (χ0) is 19.4. The van der Waals surface area contributed by atoms with Crippen LogP contribution in [0.3, 0.4) is 0 Å². The van der Waals surface area contributed by atoms with Crippen molar-refractivity contribution in [2.75, 3.05) is 44.7 Å². The molecule has 0 spiro atoms. The summed E-state index contributed by atoms with van der Waals surface area (Å²) in [6.07, 6.45) is 1.43. The number of anilines is 1. The van der Waals surface area contributed by atoms with Crippen LogP contribution in [-0.2, 0) is 14.3 Å². The van der Waals surface area contributed by atoms with E-state index in [9.17, 15) is 9.59 Å². The number of methoxy groups -OCH3 is 1. The standard InChI is InChI=1S/C20H24N4O3/c1-14-11-15(12-21)3-4-17(14)23-7-9-24(10-8-23)18-5-6-22-16(13-25)19(18)20(26)27-2/h3-4,11,13,18-19H,5-10H2,1-2H3/t18-,19-/m0/s1. The Morgan fingerprint density at radius 3 is 2.67 bits per heavy atom. The van der Waals surface area contributed by atoms with Crippen LogP contribution in [-0.4, -0.2) is 68.7 Å². The number of piperazine rings is 1. The van der Waals surface area contributed by atoms with Gasteiger partial charge >= 0.3 is 5.97 Å². The number of hydrogen-bond acceptors (Lipinski definition) is 7. The third-order valence-corrected chi connectivity index (χ3v) is 5.45. The van der Waals surface area contributed by atoms with Crippen molar-refractivity contribution >= 4 is 23.7 Å². The summed E-state index contributed by atoms with van der Waals surface area (Å²) >= 11 is 0. The molecule has 0 aliphatic carbocycles. The minimum Gasteiger partial charge on any atom is -0.468 e. The van der Waals surface area contributed by atoms with E-state index >= 15 is 0 Å². The van der Waals surface area contributed by atoms with Crippen LogP contribution in [0.2, 0.25) is 0 Å². The Hall–Kier alpha value is -2.72. The number of nitrogens with zero attached hydrogens (tertiary/aromatic N) is 4. The first kappa shape index (κ1) is 19.1. The number of esters is 1. The minimum absolute atomic E-state index is 0.0561. The van der Waals surface area contributed by atoms with Crippen molar-refractivity contribution in [1.82, 2.24) is 4.90 Å². The van der Waals surface area contributed by atoms with E-state index in [4.69, 9.17) is 10.00 Å². The molecule has 0 bridgehead atoms. The fourth-order valence-electron chi connectivity index (χ4n) is 4.07. The van der Waals surface area contributed by atoms with Crippen LogP contribution in [0.5, 0.6) is 0 Å². The van der Waals surface area contributed by atoms with Gasteiger partial charge in [-0.15, -0.1) is 0 Å². The lowest BCUT2D eigenvalue weighted by molar-refractivity contribution is -0.145. The number of aldehydes is 1. The average molecular weight is 368 g/mol. The van der Waals surface area contributed by atoms with Crippen molar-refractivity contribution in [3.63, 3.8) is 0 Å². The molecule has 2 aliphatic heterocycles. The summed E-state index contributed by atoms with van der Waals surface area (Å²) in [7, 11) is 1.35. The van der Waals surface area contributed by atoms with Crippen LogP contribution < -0.4 is 4.90 Å². The molecule has 1 aromatic rings. The van der Waals surface area contributed by atoms with Gasteiger partial charge in [0.1, 0.15) is 5.92 Å². The van der Waals surface area contributed by atoms with E-state index in [0.29, 0.717) is 24.1 Å². The second kappa shape index (κ2) is 8.31. The maximum atomic E-state index is 12.3. The topological polar surface area (TPSA) is 86.0 Å². The summed E-state index contributed by atoms with van der Waals surface area (Å²) in [4.78, 5) is 32.4. The predicted octanol–water partition coefficient (Wildman–Crippen LogP) is 1.19. The van der Waals surface area contributed by atoms with Crippen molar-refractivity contribution in [3.05, 3.63) is 29.3 Å². The molecule has 27 heavy (non-hydrogen) atoms. The Labute approximate surface area is 159 Å². The summed E-state index contributed by atoms with van der Waals surface area (Å²) in [5, 5.41) is 9.03. The Morgan fingerprint density at radius 1 is 1.33 bits per heavy atom. The van der Waals surface area contributed by atoms with E-state index in [1.54, 1.807) is 0 Å². The summed E-state index contributed by atoms with van der Waals surface area (Å²) < 4.78 is 4.93. The second-order valence-corrected chi connectivity index (χ2v) is 6.92. The summed E-state index contributed by atoms with van der Waals surface area (Å²) in [5.41, 5.74) is 3.18. The molecule has 142 valence electrons. The first-order valence-corrected chi connectivity index (χ1v) is 9.16. The quantitative estimate of drug-likeness (QED) is 0.586. The van der Waals surface area contributed by atoms with Gasteiger partial charge < -0.3 is 9.64 Å². The van der Waals surface area contributed by atoms with E-state index in [2.05, 4.69) is 20.9 Å². The average Bonchev–Trinajstić information content (AvgIpc) is 2.72. The monoisotopic (exact) mass is 368 g/mol. The van der Waals surface area contributed by atoms with E-state index in [1.807, 2.05) is 25.1 Å². The van der Waals surface area contributed by atoms with Gasteiger partial charge in [-0.3, -0.25) is 19.5 Å². The maximum Gasteiger partial charge on any atom is 0.316 e. The highest BCUT2D eigenvalue weighted by molar-refractivity contribution is 6.34. The van der Waals surface area contributed by atoms with E-state index in [1.165, 1.54) is 7.11 Å². The van der Waals surface area contributed by atoms with Crippen LogP contribution >= 0.6 is 0 Å². The maximum absolute atomic E-state index is 12.3. The fourth-order valence-corrected chi connectivity index (χ4v) is 4.07. The van der Waals surface area contributed by atoms with Gasteiger partial charge in [-0.2, -0.15) is 5.26 Å². The molecule has 2 heterocycles. The highest BCUT2D eigenvalue weighted by Crippen LogP contribution is 2.27. The molecule has 7 nitrogen and oxygen atoms in total. The summed E-state index contributed by atoms with van der Waals surface area (Å²) in [6.45, 7) is 5.81. The van der Waals surface area contributed by atoms with Crippen LogP contribution in [0.15, 0.2) is 23.2 Å². The highest BCUT2D eigenvalue weighted by Gasteiger charge is 2.40. The van der Waals surface area contributed by atoms with E-state index < -0.39 is 11.9 Å². The highest BCUT2D eigenvalue weighted by atomic mass is 16.5. The van der Waals surface area contributed by atoms with Gasteiger partial charge in [-0.05, 0) is 37.1 Å². The molecular formula is C20H24N4O3. The number of nitriles is 1. The van der Waals surface area contributed by atoms with Gasteiger partial charge in [0, 0.05) is 44.5 Å². The lowest BCUT2D eigenvalue weighted by atomic mass is 9.88. The molecule has 7 heteroatoms. The van der Waals surface area contributed by atoms with Crippen molar-refractivity contribution in [1.29, 1.82) is 5.26 Å². The minimum atomic E-state index is -0.607. The van der Waals surface area contributed by atoms with Crippen molar-refractivity contribution < 1.29 is 14.3 Å². The molecule has 2 atom stereocenters. The number of hydrogen-bond donors (Lipinski definition) is 0. The van der Waals surface area contributed by atoms with Crippen molar-refractivity contribution in [3.8, 4) is 6.07 Å². The zero-order valence-electron chi connectivity index (χ0n) is 15.7. The number of carbonyl (C=O) groups is 2. The number of benzene rings is 1. The molecule has 0 radical (unpaired) electrons. The molecule has 1 aromatic carbocycles. The molecular weight excluding hydrogens is 344 g/mol. The number of aryl methyl sites for hydroxylation is 1. The molecule has 0 unspecified atom stereocenters. The van der Waals surface area contributed by atoms with Crippen LogP contribution in [0.4, 0.5) is 5.69 Å². The number of rotatable bonds is 4. The van der Waals surface area contributed by atoms with Crippen LogP contribution in [0.1, 0.15) is 17.5 Å². The summed E-state index contributed by atoms with van der Waals surface area (Å²) in [6, 6.07) is 7.86. The first-order chi connectivity index (χ1) is 13.1. The van der Waals surface area contributed by atoms with Gasteiger partial charge in [0.25, 0.3) is 0 Å². The molecule has 0 saturated carbocycles. The zero-order valence-corrected chi connectivity index (χ0v) is 15.7. The third kappa shape index (κ3) is 3.86. The molecule has 1 fully saturated rings. The van der Waals surface area contributed by atoms with Gasteiger partial charge in [-0.25, -0.2) is 0 Å². The molecule has 0 N–H and O–H groups in total. The van der Waals surface area contributed by atoms with Crippen LogP contribution in [0, 0.1) is 24.2 Å². The third-order valence-electron chi connectivity index (χ3n) is 5.45. The van der Waals surface area contributed by atoms with Crippen molar-refractivity contribution in [2.24, 2.45) is 10.9 Å². The van der Waals surface area contributed by atoms with Crippen molar-refractivity contribution in [2.45, 2.75) is 19.4 Å². The van der Waals surface area contributed by atoms with Gasteiger partial charge in [-0.1, -0.05) is 0 Å². The molecule has 2 aliphatic rings. The molecule has 0 aromatic heterocycles. The fraction of sp³-hybridized carbons (Fsp3) is 0.500. The predicted molar refractivity (Wildman–Crippen MR) is 102 cm³/mol. The molecule has 0 amide bonds. The lowest BCUT2D eigenvalue weighted by Crippen LogP contribution is -2.56. The van der Waals surface area contributed by atoms with Gasteiger partial charge in [0.2, 0.25) is 0 Å². The van der Waals surface area contributed by atoms with Gasteiger partial charge in [0.05, 0.1) is 24.5 Å². The van der Waals surface area contributed by atoms with E-state index in [0.717, 1.165) is 43.9 Å². The Morgan fingerprint density at radius 2 is 2.07 bits per heavy atom. The molecule has 1 saturated heterocycles. The largest absolute Gasteiger partial charge is 0.468 e. The van der Waals surface area contributed by atoms with Gasteiger partial charge in [0.15, 0.2) is 6.29 Å². The molecule has 3 rings (SSSR count). The SMILES string of the molecule is COC(=O)[C@H]1C(C=O)=NCC[C@@H]1N1CCN(c2ccc(C#N)cc2C)CC1. The lowest BCUT2D eigenvalue weighted by Gasteiger charge is -2.43. The number of carbonyl (C=O) groups excluding carboxylic acids is 2. The normalized spacial score (nSPS) is 23.3. The van der Waals surface area contributed by atoms with E-state index in [-0.39, 0.29) is 6.04 Å². The Kier molecular flexibility index (Phi) is 5.87. The smallest absolute Gasteiger partial charge is 0.316 e. The number of aliphatic imine (C=N–C) groups is 1. The summed E-state index contributed by atoms with van der Waals surface area (Å²) in [5.74, 6) is -1.000.